The molecular weight excluding hydrogens is 350 g/mol. The Bertz CT molecular complexity index is 917. The molecule has 0 spiro atoms. The fourth-order valence-corrected chi connectivity index (χ4v) is 2.67. The number of para-hydroxylation sites is 2. The molecule has 0 unspecified atom stereocenters. The zero-order valence-electron chi connectivity index (χ0n) is 17.0. The molecule has 2 N–H and O–H groups in total. The molecule has 0 aliphatic rings. The van der Waals surface area contributed by atoms with Crippen LogP contribution < -0.4 is 15.4 Å². The normalized spacial score (nSPS) is 11.4. The average Bonchev–Trinajstić information content (AvgIpc) is 2.63. The maximum atomic E-state index is 5.83. The highest BCUT2D eigenvalue weighted by atomic mass is 16.5. The molecule has 0 bridgehead atoms. The summed E-state index contributed by atoms with van der Waals surface area (Å²) in [5, 5.41) is 14.6. The lowest BCUT2D eigenvalue weighted by Crippen LogP contribution is -2.10. The van der Waals surface area contributed by atoms with Crippen molar-refractivity contribution in [2.45, 2.75) is 46.1 Å². The van der Waals surface area contributed by atoms with Gasteiger partial charge in [-0.3, -0.25) is 0 Å². The van der Waals surface area contributed by atoms with Crippen molar-refractivity contribution >= 4 is 23.1 Å². The Balaban J connectivity index is 1.75. The molecule has 146 valence electrons. The summed E-state index contributed by atoms with van der Waals surface area (Å²) in [6, 6.07) is 16.0. The molecule has 6 heteroatoms. The summed E-state index contributed by atoms with van der Waals surface area (Å²) in [5.41, 5.74) is 3.15. The van der Waals surface area contributed by atoms with Gasteiger partial charge in [0.15, 0.2) is 5.82 Å². The summed E-state index contributed by atoms with van der Waals surface area (Å²) >= 11 is 0. The van der Waals surface area contributed by atoms with Gasteiger partial charge in [-0.2, -0.15) is 10.1 Å². The van der Waals surface area contributed by atoms with E-state index in [1.165, 1.54) is 5.56 Å². The number of hydrogen-bond acceptors (Lipinski definition) is 6. The Hall–Kier alpha value is -3.15. The minimum absolute atomic E-state index is 0.0751. The molecule has 0 saturated heterocycles. The van der Waals surface area contributed by atoms with E-state index in [1.807, 2.05) is 50.2 Å². The summed E-state index contributed by atoms with van der Waals surface area (Å²) in [6.45, 7) is 10.6. The van der Waals surface area contributed by atoms with Crippen molar-refractivity contribution in [3.05, 3.63) is 60.3 Å². The first-order valence-electron chi connectivity index (χ1n) is 9.41. The van der Waals surface area contributed by atoms with Crippen LogP contribution in [0.25, 0.3) is 0 Å². The monoisotopic (exact) mass is 377 g/mol. The van der Waals surface area contributed by atoms with Gasteiger partial charge in [-0.15, -0.1) is 5.10 Å². The fraction of sp³-hybridized carbons (Fsp3) is 0.318. The zero-order valence-corrected chi connectivity index (χ0v) is 17.0. The van der Waals surface area contributed by atoms with Crippen molar-refractivity contribution < 1.29 is 4.74 Å². The number of anilines is 4. The van der Waals surface area contributed by atoms with E-state index in [1.54, 1.807) is 6.20 Å². The zero-order chi connectivity index (χ0) is 20.1. The maximum Gasteiger partial charge on any atom is 0.249 e. The molecule has 0 atom stereocenters. The first-order valence-corrected chi connectivity index (χ1v) is 9.41. The molecule has 0 saturated carbocycles. The highest BCUT2D eigenvalue weighted by Gasteiger charge is 2.13. The summed E-state index contributed by atoms with van der Waals surface area (Å²) < 4.78 is 5.83. The molecule has 1 aromatic heterocycles. The Kier molecular flexibility index (Phi) is 5.78. The van der Waals surface area contributed by atoms with Gasteiger partial charge < -0.3 is 15.4 Å². The van der Waals surface area contributed by atoms with Gasteiger partial charge in [-0.25, -0.2) is 0 Å². The van der Waals surface area contributed by atoms with Gasteiger partial charge in [0.1, 0.15) is 5.75 Å². The first-order chi connectivity index (χ1) is 13.3. The Morgan fingerprint density at radius 2 is 1.64 bits per heavy atom. The molecule has 3 aromatic rings. The summed E-state index contributed by atoms with van der Waals surface area (Å²) in [7, 11) is 0. The smallest absolute Gasteiger partial charge is 0.249 e. The number of ether oxygens (including phenoxy) is 1. The summed E-state index contributed by atoms with van der Waals surface area (Å²) in [5.74, 6) is 1.76. The number of aromatic nitrogens is 3. The van der Waals surface area contributed by atoms with Gasteiger partial charge in [0, 0.05) is 5.69 Å². The lowest BCUT2D eigenvalue weighted by atomic mass is 9.87. The fourth-order valence-electron chi connectivity index (χ4n) is 2.67. The van der Waals surface area contributed by atoms with Gasteiger partial charge in [0.05, 0.1) is 18.0 Å². The molecule has 0 radical (unpaired) electrons. The van der Waals surface area contributed by atoms with Crippen LogP contribution in [0, 0.1) is 0 Å². The van der Waals surface area contributed by atoms with E-state index in [9.17, 15) is 0 Å². The van der Waals surface area contributed by atoms with Crippen molar-refractivity contribution in [2.75, 3.05) is 10.6 Å². The quantitative estimate of drug-likeness (QED) is 0.596. The molecule has 2 aromatic carbocycles. The van der Waals surface area contributed by atoms with Crippen LogP contribution in [0.4, 0.5) is 23.1 Å². The molecule has 3 rings (SSSR count). The number of benzene rings is 2. The molecule has 28 heavy (non-hydrogen) atoms. The third kappa shape index (κ3) is 5.19. The van der Waals surface area contributed by atoms with E-state index in [0.29, 0.717) is 11.8 Å². The van der Waals surface area contributed by atoms with Gasteiger partial charge in [-0.1, -0.05) is 45.0 Å². The van der Waals surface area contributed by atoms with Crippen molar-refractivity contribution in [3.63, 3.8) is 0 Å². The van der Waals surface area contributed by atoms with Gasteiger partial charge in [0.2, 0.25) is 5.95 Å². The van der Waals surface area contributed by atoms with Gasteiger partial charge in [0.25, 0.3) is 0 Å². The minimum Gasteiger partial charge on any atom is -0.489 e. The SMILES string of the molecule is CC(C)Oc1ccccc1Nc1nncc(Nc2ccc(C(C)(C)C)cc2)n1. The predicted molar refractivity (Wildman–Crippen MR) is 114 cm³/mol. The number of nitrogens with one attached hydrogen (secondary N) is 2. The summed E-state index contributed by atoms with van der Waals surface area (Å²) in [4.78, 5) is 4.50. The number of rotatable bonds is 6. The standard InChI is InChI=1S/C22H27N5O/c1-15(2)28-19-9-7-6-8-18(19)25-21-26-20(14-23-27-21)24-17-12-10-16(11-13-17)22(3,4)5/h6-15H,1-5H3,(H2,24,25,26,27). The lowest BCUT2D eigenvalue weighted by Gasteiger charge is -2.19. The van der Waals surface area contributed by atoms with Crippen LogP contribution in [0.15, 0.2) is 54.7 Å². The topological polar surface area (TPSA) is 72.0 Å². The van der Waals surface area contributed by atoms with E-state index in [-0.39, 0.29) is 11.5 Å². The van der Waals surface area contributed by atoms with Gasteiger partial charge >= 0.3 is 0 Å². The molecule has 0 aliphatic carbocycles. The number of hydrogen-bond donors (Lipinski definition) is 2. The van der Waals surface area contributed by atoms with Crippen molar-refractivity contribution in [3.8, 4) is 5.75 Å². The molecule has 0 amide bonds. The van der Waals surface area contributed by atoms with E-state index in [2.05, 4.69) is 58.7 Å². The van der Waals surface area contributed by atoms with Crippen LogP contribution in [0.5, 0.6) is 5.75 Å². The van der Waals surface area contributed by atoms with E-state index in [0.717, 1.165) is 17.1 Å². The molecule has 0 fully saturated rings. The number of nitrogens with zero attached hydrogens (tertiary/aromatic N) is 3. The highest BCUT2D eigenvalue weighted by molar-refractivity contribution is 5.63. The Labute approximate surface area is 166 Å². The van der Waals surface area contributed by atoms with Crippen LogP contribution in [0.1, 0.15) is 40.2 Å². The molecule has 6 nitrogen and oxygen atoms in total. The third-order valence-electron chi connectivity index (χ3n) is 4.08. The van der Waals surface area contributed by atoms with Crippen molar-refractivity contribution in [1.29, 1.82) is 0 Å². The largest absolute Gasteiger partial charge is 0.489 e. The lowest BCUT2D eigenvalue weighted by molar-refractivity contribution is 0.244. The molecular formula is C22H27N5O. The average molecular weight is 377 g/mol. The Morgan fingerprint density at radius 3 is 2.32 bits per heavy atom. The highest BCUT2D eigenvalue weighted by Crippen LogP contribution is 2.28. The maximum absolute atomic E-state index is 5.83. The van der Waals surface area contributed by atoms with Crippen molar-refractivity contribution in [1.82, 2.24) is 15.2 Å². The van der Waals surface area contributed by atoms with E-state index >= 15 is 0 Å². The first kappa shape index (κ1) is 19.6. The van der Waals surface area contributed by atoms with E-state index < -0.39 is 0 Å². The van der Waals surface area contributed by atoms with Crippen LogP contribution in [-0.2, 0) is 5.41 Å². The van der Waals surface area contributed by atoms with Crippen LogP contribution in [-0.4, -0.2) is 21.3 Å². The second-order valence-corrected chi connectivity index (χ2v) is 7.91. The van der Waals surface area contributed by atoms with E-state index in [4.69, 9.17) is 4.74 Å². The van der Waals surface area contributed by atoms with Crippen LogP contribution in [0.2, 0.25) is 0 Å². The Morgan fingerprint density at radius 1 is 0.929 bits per heavy atom. The van der Waals surface area contributed by atoms with Crippen molar-refractivity contribution in [2.24, 2.45) is 0 Å². The molecule has 1 heterocycles. The second-order valence-electron chi connectivity index (χ2n) is 7.91. The minimum atomic E-state index is 0.0751. The van der Waals surface area contributed by atoms with Gasteiger partial charge in [-0.05, 0) is 49.1 Å². The predicted octanol–water partition coefficient (Wildman–Crippen LogP) is 5.44. The third-order valence-corrected chi connectivity index (χ3v) is 4.08. The molecule has 0 aliphatic heterocycles. The summed E-state index contributed by atoms with van der Waals surface area (Å²) in [6.07, 6.45) is 1.67. The van der Waals surface area contributed by atoms with Crippen LogP contribution in [0.3, 0.4) is 0 Å². The second kappa shape index (κ2) is 8.25. The van der Waals surface area contributed by atoms with Crippen LogP contribution >= 0.6 is 0 Å².